The van der Waals surface area contributed by atoms with Crippen molar-refractivity contribution in [1.29, 1.82) is 0 Å². The molecule has 6 nitrogen and oxygen atoms in total. The molecule has 90 valence electrons. The number of rotatable bonds is 2. The number of anilines is 2. The molecule has 0 saturated heterocycles. The summed E-state index contributed by atoms with van der Waals surface area (Å²) in [6, 6.07) is 6.78. The van der Waals surface area contributed by atoms with E-state index in [-0.39, 0.29) is 5.75 Å². The molecule has 0 spiro atoms. The van der Waals surface area contributed by atoms with Crippen molar-refractivity contribution in [3.8, 4) is 5.75 Å². The van der Waals surface area contributed by atoms with Crippen molar-refractivity contribution in [2.45, 2.75) is 0 Å². The number of aryl methyl sites for hydroxylation is 1. The fraction of sp³-hybridized carbons (Fsp3) is 0.0833. The quantitative estimate of drug-likeness (QED) is 0.669. The van der Waals surface area contributed by atoms with Crippen LogP contribution in [0.4, 0.5) is 11.5 Å². The Bertz CT molecular complexity index is 689. The minimum atomic E-state index is 0.231. The van der Waals surface area contributed by atoms with Gasteiger partial charge in [-0.1, -0.05) is 0 Å². The second-order valence-electron chi connectivity index (χ2n) is 3.90. The number of fused-ring (bicyclic) bond motifs is 1. The SMILES string of the molecule is Cn1ncc2c(Nc3ccc(O)cc3)ncnc21. The van der Waals surface area contributed by atoms with Crippen molar-refractivity contribution in [1.82, 2.24) is 19.7 Å². The lowest BCUT2D eigenvalue weighted by Crippen LogP contribution is -1.96. The highest BCUT2D eigenvalue weighted by atomic mass is 16.3. The number of phenols is 1. The number of aromatic hydroxyl groups is 1. The third-order valence-corrected chi connectivity index (χ3v) is 2.66. The summed E-state index contributed by atoms with van der Waals surface area (Å²) in [4.78, 5) is 8.37. The molecule has 18 heavy (non-hydrogen) atoms. The standard InChI is InChI=1S/C12H11N5O/c1-17-12-10(6-15-17)11(13-7-14-12)16-8-2-4-9(18)5-3-8/h2-7,18H,1H3,(H,13,14,16). The van der Waals surface area contributed by atoms with Crippen LogP contribution in [0.25, 0.3) is 11.0 Å². The molecular weight excluding hydrogens is 230 g/mol. The van der Waals surface area contributed by atoms with Crippen LogP contribution in [0.3, 0.4) is 0 Å². The number of hydrogen-bond acceptors (Lipinski definition) is 5. The molecule has 1 aromatic carbocycles. The van der Waals surface area contributed by atoms with Gasteiger partial charge in [0.1, 0.15) is 17.9 Å². The zero-order valence-corrected chi connectivity index (χ0v) is 9.70. The van der Waals surface area contributed by atoms with Crippen LogP contribution in [0.1, 0.15) is 0 Å². The van der Waals surface area contributed by atoms with Gasteiger partial charge in [0, 0.05) is 12.7 Å². The van der Waals surface area contributed by atoms with E-state index in [0.717, 1.165) is 16.7 Å². The minimum Gasteiger partial charge on any atom is -0.508 e. The van der Waals surface area contributed by atoms with Gasteiger partial charge in [-0.3, -0.25) is 4.68 Å². The molecule has 6 heteroatoms. The normalized spacial score (nSPS) is 10.7. The van der Waals surface area contributed by atoms with Crippen LogP contribution in [0.5, 0.6) is 5.75 Å². The van der Waals surface area contributed by atoms with Crippen molar-refractivity contribution >= 4 is 22.5 Å². The van der Waals surface area contributed by atoms with E-state index in [2.05, 4.69) is 20.4 Å². The molecule has 0 fully saturated rings. The van der Waals surface area contributed by atoms with Gasteiger partial charge in [0.15, 0.2) is 5.65 Å². The van der Waals surface area contributed by atoms with E-state index >= 15 is 0 Å². The summed E-state index contributed by atoms with van der Waals surface area (Å²) in [6.07, 6.45) is 3.21. The zero-order valence-electron chi connectivity index (χ0n) is 9.70. The highest BCUT2D eigenvalue weighted by Gasteiger charge is 2.07. The minimum absolute atomic E-state index is 0.231. The third kappa shape index (κ3) is 1.73. The molecule has 2 aromatic heterocycles. The van der Waals surface area contributed by atoms with E-state index in [0.29, 0.717) is 5.82 Å². The van der Waals surface area contributed by atoms with Gasteiger partial charge in [0.25, 0.3) is 0 Å². The summed E-state index contributed by atoms with van der Waals surface area (Å²) in [5.41, 5.74) is 1.61. The smallest absolute Gasteiger partial charge is 0.163 e. The molecule has 0 atom stereocenters. The molecule has 2 heterocycles. The van der Waals surface area contributed by atoms with Crippen LogP contribution in [-0.2, 0) is 7.05 Å². The summed E-state index contributed by atoms with van der Waals surface area (Å²) in [7, 11) is 1.83. The van der Waals surface area contributed by atoms with Gasteiger partial charge in [-0.05, 0) is 24.3 Å². The first-order chi connectivity index (χ1) is 8.74. The number of benzene rings is 1. The molecule has 3 aromatic rings. The number of aromatic nitrogens is 4. The predicted molar refractivity (Wildman–Crippen MR) is 67.7 cm³/mol. The predicted octanol–water partition coefficient (Wildman–Crippen LogP) is 1.81. The second kappa shape index (κ2) is 3.99. The summed E-state index contributed by atoms with van der Waals surface area (Å²) in [5.74, 6) is 0.925. The van der Waals surface area contributed by atoms with Gasteiger partial charge in [0.2, 0.25) is 0 Å². The first-order valence-corrected chi connectivity index (χ1v) is 5.43. The highest BCUT2D eigenvalue weighted by molar-refractivity contribution is 5.88. The molecule has 0 aliphatic rings. The Labute approximate surface area is 103 Å². The molecule has 0 bridgehead atoms. The first kappa shape index (κ1) is 10.5. The Morgan fingerprint density at radius 1 is 1.17 bits per heavy atom. The third-order valence-electron chi connectivity index (χ3n) is 2.66. The van der Waals surface area contributed by atoms with Crippen LogP contribution in [0.2, 0.25) is 0 Å². The lowest BCUT2D eigenvalue weighted by atomic mass is 10.3. The average Bonchev–Trinajstić information content (AvgIpc) is 2.76. The fourth-order valence-corrected chi connectivity index (χ4v) is 1.74. The van der Waals surface area contributed by atoms with E-state index in [1.54, 1.807) is 35.1 Å². The van der Waals surface area contributed by atoms with Gasteiger partial charge in [-0.15, -0.1) is 0 Å². The molecule has 3 rings (SSSR count). The van der Waals surface area contributed by atoms with Crippen LogP contribution in [-0.4, -0.2) is 24.9 Å². The maximum atomic E-state index is 9.23. The van der Waals surface area contributed by atoms with Crippen LogP contribution >= 0.6 is 0 Å². The van der Waals surface area contributed by atoms with Crippen molar-refractivity contribution in [3.63, 3.8) is 0 Å². The van der Waals surface area contributed by atoms with Gasteiger partial charge in [0.05, 0.1) is 11.6 Å². The monoisotopic (exact) mass is 241 g/mol. The number of phenolic OH excluding ortho intramolecular Hbond substituents is 1. The van der Waals surface area contributed by atoms with Crippen LogP contribution in [0, 0.1) is 0 Å². The second-order valence-corrected chi connectivity index (χ2v) is 3.90. The maximum absolute atomic E-state index is 9.23. The molecule has 0 unspecified atom stereocenters. The van der Waals surface area contributed by atoms with Crippen molar-refractivity contribution in [2.75, 3.05) is 5.32 Å². The van der Waals surface area contributed by atoms with Crippen LogP contribution in [0.15, 0.2) is 36.8 Å². The van der Waals surface area contributed by atoms with Gasteiger partial charge >= 0.3 is 0 Å². The largest absolute Gasteiger partial charge is 0.508 e. The summed E-state index contributed by atoms with van der Waals surface area (Å²) in [6.45, 7) is 0. The summed E-state index contributed by atoms with van der Waals surface area (Å²) < 4.78 is 1.69. The van der Waals surface area contributed by atoms with Crippen molar-refractivity contribution < 1.29 is 5.11 Å². The maximum Gasteiger partial charge on any atom is 0.163 e. The topological polar surface area (TPSA) is 75.9 Å². The molecule has 0 saturated carbocycles. The number of nitrogens with one attached hydrogen (secondary N) is 1. The fourth-order valence-electron chi connectivity index (χ4n) is 1.74. The van der Waals surface area contributed by atoms with Gasteiger partial charge in [-0.2, -0.15) is 5.10 Å². The molecule has 0 aliphatic carbocycles. The highest BCUT2D eigenvalue weighted by Crippen LogP contribution is 2.23. The first-order valence-electron chi connectivity index (χ1n) is 5.43. The summed E-state index contributed by atoms with van der Waals surface area (Å²) >= 11 is 0. The van der Waals surface area contributed by atoms with Crippen molar-refractivity contribution in [2.24, 2.45) is 7.05 Å². The van der Waals surface area contributed by atoms with Gasteiger partial charge < -0.3 is 10.4 Å². The zero-order chi connectivity index (χ0) is 12.5. The van der Waals surface area contributed by atoms with Gasteiger partial charge in [-0.25, -0.2) is 9.97 Å². The number of nitrogens with zero attached hydrogens (tertiary/aromatic N) is 4. The van der Waals surface area contributed by atoms with E-state index in [1.165, 1.54) is 6.33 Å². The number of hydrogen-bond donors (Lipinski definition) is 2. The summed E-state index contributed by atoms with van der Waals surface area (Å²) in [5, 5.41) is 17.4. The Kier molecular flexibility index (Phi) is 2.33. The van der Waals surface area contributed by atoms with E-state index in [4.69, 9.17) is 0 Å². The molecule has 0 radical (unpaired) electrons. The molecule has 2 N–H and O–H groups in total. The Morgan fingerprint density at radius 2 is 1.94 bits per heavy atom. The van der Waals surface area contributed by atoms with E-state index in [9.17, 15) is 5.11 Å². The Morgan fingerprint density at radius 3 is 2.72 bits per heavy atom. The van der Waals surface area contributed by atoms with Crippen LogP contribution < -0.4 is 5.32 Å². The molecule has 0 amide bonds. The van der Waals surface area contributed by atoms with Crippen molar-refractivity contribution in [3.05, 3.63) is 36.8 Å². The van der Waals surface area contributed by atoms with E-state index in [1.807, 2.05) is 7.05 Å². The lowest BCUT2D eigenvalue weighted by molar-refractivity contribution is 0.475. The molecule has 0 aliphatic heterocycles. The Hall–Kier alpha value is -2.63. The lowest BCUT2D eigenvalue weighted by Gasteiger charge is -2.06. The molecular formula is C12H11N5O. The Balaban J connectivity index is 2.02. The van der Waals surface area contributed by atoms with E-state index < -0.39 is 0 Å². The average molecular weight is 241 g/mol.